The van der Waals surface area contributed by atoms with Crippen LogP contribution in [0, 0.1) is 5.41 Å². The third-order valence-electron chi connectivity index (χ3n) is 4.00. The predicted octanol–water partition coefficient (Wildman–Crippen LogP) is 1.47. The second kappa shape index (κ2) is 5.29. The first-order chi connectivity index (χ1) is 9.00. The van der Waals surface area contributed by atoms with Gasteiger partial charge in [0, 0.05) is 30.9 Å². The van der Waals surface area contributed by atoms with Crippen LogP contribution in [0.1, 0.15) is 32.3 Å². The monoisotopic (exact) mass is 261 g/mol. The van der Waals surface area contributed by atoms with Crippen LogP contribution in [0.15, 0.2) is 24.5 Å². The Balaban J connectivity index is 1.93. The van der Waals surface area contributed by atoms with Crippen LogP contribution in [0.3, 0.4) is 0 Å². The second-order valence-electron chi connectivity index (χ2n) is 6.11. The van der Waals surface area contributed by atoms with Crippen molar-refractivity contribution in [1.82, 2.24) is 15.6 Å². The number of nitrogens with one attached hydrogen (secondary N) is 2. The first-order valence-corrected chi connectivity index (χ1v) is 6.84. The van der Waals surface area contributed by atoms with Gasteiger partial charge in [-0.05, 0) is 37.6 Å². The number of carbonyl (C=O) groups is 1. The molecule has 104 valence electrons. The maximum atomic E-state index is 12.2. The normalized spacial score (nSPS) is 17.0. The van der Waals surface area contributed by atoms with E-state index >= 15 is 0 Å². The van der Waals surface area contributed by atoms with E-state index in [0.29, 0.717) is 6.54 Å². The molecule has 0 saturated heterocycles. The van der Waals surface area contributed by atoms with Crippen LogP contribution in [0.5, 0.6) is 0 Å². The van der Waals surface area contributed by atoms with Crippen LogP contribution in [-0.2, 0) is 10.2 Å². The molecular weight excluding hydrogens is 238 g/mol. The third kappa shape index (κ3) is 3.13. The first-order valence-electron chi connectivity index (χ1n) is 6.84. The summed E-state index contributed by atoms with van der Waals surface area (Å²) in [7, 11) is 1.90. The van der Waals surface area contributed by atoms with Crippen molar-refractivity contribution in [1.29, 1.82) is 0 Å². The number of pyridine rings is 1. The molecule has 1 amide bonds. The molecule has 4 heteroatoms. The van der Waals surface area contributed by atoms with E-state index in [-0.39, 0.29) is 16.7 Å². The van der Waals surface area contributed by atoms with E-state index in [1.54, 1.807) is 12.4 Å². The largest absolute Gasteiger partial charge is 0.355 e. The molecule has 0 atom stereocenters. The summed E-state index contributed by atoms with van der Waals surface area (Å²) in [5.74, 6) is 0.184. The van der Waals surface area contributed by atoms with Crippen LogP contribution in [0.4, 0.5) is 0 Å². The highest BCUT2D eigenvalue weighted by molar-refractivity contribution is 5.85. The van der Waals surface area contributed by atoms with Crippen LogP contribution in [-0.4, -0.2) is 31.0 Å². The zero-order chi connectivity index (χ0) is 13.9. The van der Waals surface area contributed by atoms with Gasteiger partial charge in [-0.15, -0.1) is 0 Å². The molecule has 0 bridgehead atoms. The van der Waals surface area contributed by atoms with Gasteiger partial charge in [-0.2, -0.15) is 0 Å². The quantitative estimate of drug-likeness (QED) is 0.815. The van der Waals surface area contributed by atoms with Crippen LogP contribution < -0.4 is 10.6 Å². The lowest BCUT2D eigenvalue weighted by molar-refractivity contribution is -0.126. The van der Waals surface area contributed by atoms with Gasteiger partial charge in [-0.25, -0.2) is 0 Å². The summed E-state index contributed by atoms with van der Waals surface area (Å²) < 4.78 is 0. The minimum Gasteiger partial charge on any atom is -0.355 e. The summed E-state index contributed by atoms with van der Waals surface area (Å²) in [5.41, 5.74) is 0.971. The Bertz CT molecular complexity index is 438. The predicted molar refractivity (Wildman–Crippen MR) is 75.9 cm³/mol. The molecule has 0 spiro atoms. The molecule has 2 N–H and O–H groups in total. The van der Waals surface area contributed by atoms with Crippen molar-refractivity contribution in [3.8, 4) is 0 Å². The van der Waals surface area contributed by atoms with Gasteiger partial charge < -0.3 is 10.6 Å². The van der Waals surface area contributed by atoms with Crippen LogP contribution >= 0.6 is 0 Å². The van der Waals surface area contributed by atoms with Crippen LogP contribution in [0.2, 0.25) is 0 Å². The van der Waals surface area contributed by atoms with Crippen molar-refractivity contribution in [2.24, 2.45) is 5.41 Å². The topological polar surface area (TPSA) is 54.0 Å². The molecule has 1 heterocycles. The minimum absolute atomic E-state index is 0.0751. The van der Waals surface area contributed by atoms with Crippen LogP contribution in [0.25, 0.3) is 0 Å². The van der Waals surface area contributed by atoms with Crippen molar-refractivity contribution in [2.45, 2.75) is 32.1 Å². The second-order valence-corrected chi connectivity index (χ2v) is 6.11. The first kappa shape index (κ1) is 14.0. The Morgan fingerprint density at radius 1 is 1.37 bits per heavy atom. The van der Waals surface area contributed by atoms with Gasteiger partial charge in [0.15, 0.2) is 0 Å². The number of nitrogens with zero attached hydrogens (tertiary/aromatic N) is 1. The Morgan fingerprint density at radius 2 is 2.00 bits per heavy atom. The maximum Gasteiger partial charge on any atom is 0.227 e. The number of aromatic nitrogens is 1. The van der Waals surface area contributed by atoms with E-state index < -0.39 is 0 Å². The minimum atomic E-state index is -0.150. The summed E-state index contributed by atoms with van der Waals surface area (Å²) in [4.78, 5) is 16.3. The highest BCUT2D eigenvalue weighted by Gasteiger charge is 2.49. The van der Waals surface area contributed by atoms with Gasteiger partial charge in [0.05, 0.1) is 5.41 Å². The highest BCUT2D eigenvalue weighted by atomic mass is 16.2. The Labute approximate surface area is 115 Å². The van der Waals surface area contributed by atoms with Crippen molar-refractivity contribution < 1.29 is 4.79 Å². The number of amides is 1. The fourth-order valence-corrected chi connectivity index (χ4v) is 2.37. The zero-order valence-corrected chi connectivity index (χ0v) is 12.0. The van der Waals surface area contributed by atoms with E-state index in [9.17, 15) is 4.79 Å². The lowest BCUT2D eigenvalue weighted by Crippen LogP contribution is -2.43. The van der Waals surface area contributed by atoms with Crippen molar-refractivity contribution in [2.75, 3.05) is 20.1 Å². The van der Waals surface area contributed by atoms with Gasteiger partial charge in [0.25, 0.3) is 0 Å². The molecule has 2 rings (SSSR count). The molecule has 1 saturated carbocycles. The lowest BCUT2D eigenvalue weighted by Gasteiger charge is -2.26. The molecule has 1 fully saturated rings. The number of rotatable bonds is 6. The van der Waals surface area contributed by atoms with Gasteiger partial charge >= 0.3 is 0 Å². The molecule has 1 aromatic rings. The molecule has 0 radical (unpaired) electrons. The summed E-state index contributed by atoms with van der Waals surface area (Å²) in [6.07, 6.45) is 5.58. The van der Waals surface area contributed by atoms with E-state index in [2.05, 4.69) is 29.5 Å². The van der Waals surface area contributed by atoms with E-state index in [1.807, 2.05) is 19.2 Å². The molecule has 1 aliphatic carbocycles. The van der Waals surface area contributed by atoms with Gasteiger partial charge in [-0.1, -0.05) is 13.8 Å². The SMILES string of the molecule is CNCC1(C(=O)NCC(C)(C)c2ccncc2)CC1. The summed E-state index contributed by atoms with van der Waals surface area (Å²) in [6, 6.07) is 4.01. The summed E-state index contributed by atoms with van der Waals surface area (Å²) in [6.45, 7) is 5.70. The number of hydrogen-bond acceptors (Lipinski definition) is 3. The molecule has 1 aromatic heterocycles. The number of carbonyl (C=O) groups excluding carboxylic acids is 1. The average molecular weight is 261 g/mol. The summed E-state index contributed by atoms with van der Waals surface area (Å²) in [5, 5.41) is 6.22. The molecule has 0 aliphatic heterocycles. The summed E-state index contributed by atoms with van der Waals surface area (Å²) >= 11 is 0. The van der Waals surface area contributed by atoms with Crippen molar-refractivity contribution >= 4 is 5.91 Å². The Kier molecular flexibility index (Phi) is 3.90. The fraction of sp³-hybridized carbons (Fsp3) is 0.600. The molecule has 0 unspecified atom stereocenters. The lowest BCUT2D eigenvalue weighted by atomic mass is 9.85. The molecular formula is C15H23N3O. The highest BCUT2D eigenvalue weighted by Crippen LogP contribution is 2.45. The smallest absolute Gasteiger partial charge is 0.227 e. The maximum absolute atomic E-state index is 12.2. The van der Waals surface area contributed by atoms with Gasteiger partial charge in [-0.3, -0.25) is 9.78 Å². The van der Waals surface area contributed by atoms with Gasteiger partial charge in [0.1, 0.15) is 0 Å². The zero-order valence-electron chi connectivity index (χ0n) is 12.0. The molecule has 19 heavy (non-hydrogen) atoms. The average Bonchev–Trinajstić information content (AvgIpc) is 3.18. The Morgan fingerprint density at radius 3 is 2.53 bits per heavy atom. The molecule has 0 aromatic carbocycles. The standard InChI is InChI=1S/C15H23N3O/c1-14(2,12-4-8-17-9-5-12)10-18-13(19)15(6-7-15)11-16-3/h4-5,8-9,16H,6-7,10-11H2,1-3H3,(H,18,19). The van der Waals surface area contributed by atoms with Crippen molar-refractivity contribution in [3.05, 3.63) is 30.1 Å². The molecule has 4 nitrogen and oxygen atoms in total. The Hall–Kier alpha value is -1.42. The van der Waals surface area contributed by atoms with Gasteiger partial charge in [0.2, 0.25) is 5.91 Å². The molecule has 1 aliphatic rings. The van der Waals surface area contributed by atoms with E-state index in [1.165, 1.54) is 5.56 Å². The van der Waals surface area contributed by atoms with E-state index in [4.69, 9.17) is 0 Å². The third-order valence-corrected chi connectivity index (χ3v) is 4.00. The van der Waals surface area contributed by atoms with E-state index in [0.717, 1.165) is 19.4 Å². The number of hydrogen-bond donors (Lipinski definition) is 2. The van der Waals surface area contributed by atoms with Crippen molar-refractivity contribution in [3.63, 3.8) is 0 Å². The fourth-order valence-electron chi connectivity index (χ4n) is 2.37.